The average Bonchev–Trinajstić information content (AvgIpc) is 2.74. The van der Waals surface area contributed by atoms with Crippen molar-refractivity contribution in [1.29, 1.82) is 0 Å². The quantitative estimate of drug-likeness (QED) is 0.466. The lowest BCUT2D eigenvalue weighted by Gasteiger charge is -2.25. The number of rotatable bonds is 1. The molecule has 0 N–H and O–H groups in total. The summed E-state index contributed by atoms with van der Waals surface area (Å²) in [6.07, 6.45) is 10.2. The average molecular weight is 190 g/mol. The van der Waals surface area contributed by atoms with Crippen molar-refractivity contribution >= 4 is 5.97 Å². The number of hydrogen-bond donors (Lipinski definition) is 0. The van der Waals surface area contributed by atoms with Crippen molar-refractivity contribution in [3.8, 4) is 0 Å². The summed E-state index contributed by atoms with van der Waals surface area (Å²) in [4.78, 5) is 10.9. The Labute approximate surface area is 83.6 Å². The Morgan fingerprint density at radius 1 is 1.21 bits per heavy atom. The standard InChI is InChI=1S/C12H14O2/c1-7(13)14-11-5-4-10-8-2-3-9(6-8)12(10)11/h2-5,8-12H,6H2,1H3/t8-,9-,10-,11+,12+/m0/s1. The van der Waals surface area contributed by atoms with Crippen LogP contribution in [0, 0.1) is 23.7 Å². The van der Waals surface area contributed by atoms with Crippen molar-refractivity contribution in [2.24, 2.45) is 23.7 Å². The summed E-state index contributed by atoms with van der Waals surface area (Å²) >= 11 is 0. The fourth-order valence-electron chi connectivity index (χ4n) is 3.31. The molecule has 5 atom stereocenters. The zero-order valence-electron chi connectivity index (χ0n) is 8.22. The molecule has 2 bridgehead atoms. The molecule has 14 heavy (non-hydrogen) atoms. The monoisotopic (exact) mass is 190 g/mol. The van der Waals surface area contributed by atoms with Crippen molar-refractivity contribution in [1.82, 2.24) is 0 Å². The second-order valence-electron chi connectivity index (χ2n) is 4.56. The number of allylic oxidation sites excluding steroid dienone is 3. The van der Waals surface area contributed by atoms with Crippen molar-refractivity contribution in [2.75, 3.05) is 0 Å². The SMILES string of the molecule is CC(=O)O[C@@H]1C=C[C@@H]2[C@H]1[C@H]1C=C[C@H]2C1. The van der Waals surface area contributed by atoms with E-state index in [2.05, 4.69) is 24.3 Å². The van der Waals surface area contributed by atoms with E-state index in [-0.39, 0.29) is 12.1 Å². The van der Waals surface area contributed by atoms with Gasteiger partial charge in [0.1, 0.15) is 6.10 Å². The third kappa shape index (κ3) is 0.999. The Kier molecular flexibility index (Phi) is 1.61. The lowest BCUT2D eigenvalue weighted by atomic mass is 9.84. The molecule has 2 heteroatoms. The third-order valence-electron chi connectivity index (χ3n) is 3.79. The molecule has 0 amide bonds. The minimum atomic E-state index is -0.160. The predicted molar refractivity (Wildman–Crippen MR) is 52.4 cm³/mol. The number of fused-ring (bicyclic) bond motifs is 5. The van der Waals surface area contributed by atoms with Gasteiger partial charge >= 0.3 is 5.97 Å². The highest BCUT2D eigenvalue weighted by atomic mass is 16.5. The van der Waals surface area contributed by atoms with Crippen LogP contribution in [0.1, 0.15) is 13.3 Å². The van der Waals surface area contributed by atoms with Crippen LogP contribution in [0.15, 0.2) is 24.3 Å². The molecular formula is C12H14O2. The smallest absolute Gasteiger partial charge is 0.303 e. The van der Waals surface area contributed by atoms with Crippen LogP contribution >= 0.6 is 0 Å². The van der Waals surface area contributed by atoms with Gasteiger partial charge in [-0.05, 0) is 30.3 Å². The Morgan fingerprint density at radius 3 is 2.79 bits per heavy atom. The Balaban J connectivity index is 1.82. The summed E-state index contributed by atoms with van der Waals surface area (Å²) in [6.45, 7) is 1.49. The van der Waals surface area contributed by atoms with Gasteiger partial charge in [-0.1, -0.05) is 18.2 Å². The van der Waals surface area contributed by atoms with Gasteiger partial charge in [0.2, 0.25) is 0 Å². The Morgan fingerprint density at radius 2 is 2.00 bits per heavy atom. The summed E-state index contributed by atoms with van der Waals surface area (Å²) in [5.41, 5.74) is 0. The highest BCUT2D eigenvalue weighted by molar-refractivity contribution is 5.66. The summed E-state index contributed by atoms with van der Waals surface area (Å²) in [5, 5.41) is 0. The molecule has 74 valence electrons. The van der Waals surface area contributed by atoms with Crippen molar-refractivity contribution < 1.29 is 9.53 Å². The highest BCUT2D eigenvalue weighted by Gasteiger charge is 2.49. The van der Waals surface area contributed by atoms with Crippen LogP contribution in [0.4, 0.5) is 0 Å². The Bertz CT molecular complexity index is 329. The van der Waals surface area contributed by atoms with Crippen LogP contribution in [0.2, 0.25) is 0 Å². The molecule has 0 radical (unpaired) electrons. The van der Waals surface area contributed by atoms with Gasteiger partial charge in [-0.3, -0.25) is 4.79 Å². The number of hydrogen-bond acceptors (Lipinski definition) is 2. The third-order valence-corrected chi connectivity index (χ3v) is 3.79. The summed E-state index contributed by atoms with van der Waals surface area (Å²) in [6, 6.07) is 0. The molecule has 0 unspecified atom stereocenters. The van der Waals surface area contributed by atoms with E-state index in [1.54, 1.807) is 0 Å². The largest absolute Gasteiger partial charge is 0.458 e. The molecular weight excluding hydrogens is 176 g/mol. The maximum Gasteiger partial charge on any atom is 0.303 e. The molecule has 0 aromatic carbocycles. The molecule has 3 aliphatic rings. The van der Waals surface area contributed by atoms with Gasteiger partial charge in [0.25, 0.3) is 0 Å². The Hall–Kier alpha value is -1.05. The maximum atomic E-state index is 10.9. The molecule has 3 rings (SSSR count). The molecule has 0 aliphatic heterocycles. The first-order valence-corrected chi connectivity index (χ1v) is 5.29. The number of esters is 1. The zero-order chi connectivity index (χ0) is 9.71. The van der Waals surface area contributed by atoms with Gasteiger partial charge in [-0.2, -0.15) is 0 Å². The van der Waals surface area contributed by atoms with Gasteiger partial charge in [0.15, 0.2) is 0 Å². The molecule has 0 aromatic rings. The predicted octanol–water partition coefficient (Wildman–Crippen LogP) is 1.93. The lowest BCUT2D eigenvalue weighted by molar-refractivity contribution is -0.146. The van der Waals surface area contributed by atoms with E-state index in [0.717, 1.165) is 0 Å². The number of carbonyl (C=O) groups is 1. The van der Waals surface area contributed by atoms with Gasteiger partial charge in [-0.15, -0.1) is 0 Å². The van der Waals surface area contributed by atoms with Gasteiger partial charge < -0.3 is 4.74 Å². The normalized spacial score (nSPS) is 47.1. The first-order chi connectivity index (χ1) is 6.75. The van der Waals surface area contributed by atoms with Crippen LogP contribution < -0.4 is 0 Å². The molecule has 1 fully saturated rings. The summed E-state index contributed by atoms with van der Waals surface area (Å²) in [7, 11) is 0. The lowest BCUT2D eigenvalue weighted by Crippen LogP contribution is -2.27. The topological polar surface area (TPSA) is 26.3 Å². The molecule has 0 heterocycles. The van der Waals surface area contributed by atoms with Gasteiger partial charge in [0, 0.05) is 12.8 Å². The van der Waals surface area contributed by atoms with Crippen LogP contribution in [-0.4, -0.2) is 12.1 Å². The van der Waals surface area contributed by atoms with Crippen molar-refractivity contribution in [3.05, 3.63) is 24.3 Å². The first kappa shape index (κ1) is 8.27. The minimum Gasteiger partial charge on any atom is -0.458 e. The number of ether oxygens (including phenoxy) is 1. The van der Waals surface area contributed by atoms with E-state index < -0.39 is 0 Å². The second kappa shape index (κ2) is 2.72. The van der Waals surface area contributed by atoms with Gasteiger partial charge in [-0.25, -0.2) is 0 Å². The first-order valence-electron chi connectivity index (χ1n) is 5.29. The van der Waals surface area contributed by atoms with Crippen molar-refractivity contribution in [2.45, 2.75) is 19.4 Å². The van der Waals surface area contributed by atoms with E-state index in [1.165, 1.54) is 13.3 Å². The van der Waals surface area contributed by atoms with E-state index in [4.69, 9.17) is 4.74 Å². The minimum absolute atomic E-state index is 0.0393. The van der Waals surface area contributed by atoms with Crippen LogP contribution in [0.3, 0.4) is 0 Å². The molecule has 0 saturated heterocycles. The fourth-order valence-corrected chi connectivity index (χ4v) is 3.31. The van der Waals surface area contributed by atoms with Crippen LogP contribution in [0.25, 0.3) is 0 Å². The summed E-state index contributed by atoms with van der Waals surface area (Å²) < 4.78 is 5.32. The molecule has 0 aromatic heterocycles. The van der Waals surface area contributed by atoms with Gasteiger partial charge in [0.05, 0.1) is 0 Å². The van der Waals surface area contributed by atoms with Crippen LogP contribution in [-0.2, 0) is 9.53 Å². The summed E-state index contributed by atoms with van der Waals surface area (Å²) in [5.74, 6) is 2.36. The van der Waals surface area contributed by atoms with Crippen molar-refractivity contribution in [3.63, 3.8) is 0 Å². The zero-order valence-corrected chi connectivity index (χ0v) is 8.22. The molecule has 3 aliphatic carbocycles. The molecule has 1 saturated carbocycles. The van der Waals surface area contributed by atoms with E-state index in [1.807, 2.05) is 0 Å². The molecule has 0 spiro atoms. The van der Waals surface area contributed by atoms with E-state index in [9.17, 15) is 4.79 Å². The fraction of sp³-hybridized carbons (Fsp3) is 0.583. The van der Waals surface area contributed by atoms with E-state index in [0.29, 0.717) is 23.7 Å². The van der Waals surface area contributed by atoms with Crippen LogP contribution in [0.5, 0.6) is 0 Å². The second-order valence-corrected chi connectivity index (χ2v) is 4.56. The maximum absolute atomic E-state index is 10.9. The van der Waals surface area contributed by atoms with E-state index >= 15 is 0 Å². The molecule has 2 nitrogen and oxygen atoms in total. The number of carbonyl (C=O) groups excluding carboxylic acids is 1. The highest BCUT2D eigenvalue weighted by Crippen LogP contribution is 2.53.